The van der Waals surface area contributed by atoms with E-state index in [1.165, 1.54) is 16.5 Å². The van der Waals surface area contributed by atoms with Crippen molar-refractivity contribution in [2.24, 2.45) is 5.92 Å². The van der Waals surface area contributed by atoms with Crippen LogP contribution in [0.5, 0.6) is 0 Å². The van der Waals surface area contributed by atoms with E-state index < -0.39 is 0 Å². The van der Waals surface area contributed by atoms with Crippen LogP contribution in [0.25, 0.3) is 10.9 Å². The van der Waals surface area contributed by atoms with Crippen molar-refractivity contribution in [3.05, 3.63) is 66.1 Å². The summed E-state index contributed by atoms with van der Waals surface area (Å²) in [5.41, 5.74) is 3.52. The molecule has 1 aliphatic rings. The van der Waals surface area contributed by atoms with Crippen molar-refractivity contribution in [1.82, 2.24) is 25.5 Å². The van der Waals surface area contributed by atoms with Crippen molar-refractivity contribution >= 4 is 22.7 Å². The van der Waals surface area contributed by atoms with Gasteiger partial charge in [-0.1, -0.05) is 18.2 Å². The second kappa shape index (κ2) is 11.6. The third-order valence-corrected chi connectivity index (χ3v) is 6.39. The maximum absolute atomic E-state index is 12.9. The van der Waals surface area contributed by atoms with E-state index in [0.717, 1.165) is 44.4 Å². The minimum absolute atomic E-state index is 0.0510. The van der Waals surface area contributed by atoms with E-state index in [9.17, 15) is 9.59 Å². The second-order valence-corrected chi connectivity index (χ2v) is 8.76. The van der Waals surface area contributed by atoms with Crippen LogP contribution in [0.15, 0.2) is 55.0 Å². The topological polar surface area (TPSA) is 90.1 Å². The van der Waals surface area contributed by atoms with Gasteiger partial charge in [0.1, 0.15) is 0 Å². The Bertz CT molecular complexity index is 1050. The van der Waals surface area contributed by atoms with Gasteiger partial charge in [0.15, 0.2) is 0 Å². The molecule has 3 aromatic rings. The molecule has 0 radical (unpaired) electrons. The highest BCUT2D eigenvalue weighted by molar-refractivity contribution is 5.83. The Morgan fingerprint density at radius 1 is 1.12 bits per heavy atom. The van der Waals surface area contributed by atoms with E-state index in [1.807, 2.05) is 30.5 Å². The molecule has 2 amide bonds. The fourth-order valence-electron chi connectivity index (χ4n) is 4.52. The lowest BCUT2D eigenvalue weighted by Crippen LogP contribution is -2.35. The Hall–Kier alpha value is -3.19. The SMILES string of the molecule is O=C1CCN(Cc2ccncc2)CCCC(C(=O)NCCc2c[nH]c3ccccc23)CCN1. The standard InChI is InChI=1S/C26H33N5O2/c32-25-11-17-31(19-20-7-12-27-13-8-20)16-3-4-21(9-14-28-25)26(33)29-15-10-22-18-30-24-6-2-1-5-23(22)24/h1-2,5-8,12-13,18,21,30H,3-4,9-11,14-17,19H2,(H,28,32)(H,29,33). The average molecular weight is 448 g/mol. The Kier molecular flexibility index (Phi) is 8.09. The first-order valence-electron chi connectivity index (χ1n) is 11.9. The number of pyridine rings is 1. The molecule has 1 aliphatic heterocycles. The van der Waals surface area contributed by atoms with Gasteiger partial charge in [0.05, 0.1) is 0 Å². The summed E-state index contributed by atoms with van der Waals surface area (Å²) in [4.78, 5) is 34.9. The molecular formula is C26H33N5O2. The molecule has 1 saturated heterocycles. The molecule has 2 aromatic heterocycles. The first-order chi connectivity index (χ1) is 16.2. The van der Waals surface area contributed by atoms with E-state index in [-0.39, 0.29) is 17.7 Å². The summed E-state index contributed by atoms with van der Waals surface area (Å²) < 4.78 is 0. The molecule has 0 saturated carbocycles. The lowest BCUT2D eigenvalue weighted by molar-refractivity contribution is -0.126. The third kappa shape index (κ3) is 6.65. The predicted molar refractivity (Wildman–Crippen MR) is 129 cm³/mol. The largest absolute Gasteiger partial charge is 0.361 e. The zero-order valence-electron chi connectivity index (χ0n) is 19.1. The van der Waals surface area contributed by atoms with Gasteiger partial charge in [-0.15, -0.1) is 0 Å². The van der Waals surface area contributed by atoms with Gasteiger partial charge < -0.3 is 15.6 Å². The van der Waals surface area contributed by atoms with E-state index >= 15 is 0 Å². The maximum Gasteiger partial charge on any atom is 0.223 e. The number of nitrogens with zero attached hydrogens (tertiary/aromatic N) is 2. The van der Waals surface area contributed by atoms with E-state index in [4.69, 9.17) is 0 Å². The van der Waals surface area contributed by atoms with Crippen LogP contribution in [0.2, 0.25) is 0 Å². The molecule has 0 bridgehead atoms. The Morgan fingerprint density at radius 2 is 1.97 bits per heavy atom. The van der Waals surface area contributed by atoms with E-state index in [2.05, 4.69) is 37.6 Å². The van der Waals surface area contributed by atoms with Crippen LogP contribution < -0.4 is 10.6 Å². The molecule has 7 heteroatoms. The number of carbonyl (C=O) groups is 2. The number of fused-ring (bicyclic) bond motifs is 1. The summed E-state index contributed by atoms with van der Waals surface area (Å²) in [5, 5.41) is 7.33. The van der Waals surface area contributed by atoms with Crippen LogP contribution >= 0.6 is 0 Å². The number of amides is 2. The Labute approximate surface area is 195 Å². The lowest BCUT2D eigenvalue weighted by Gasteiger charge is -2.22. The molecule has 174 valence electrons. The quantitative estimate of drug-likeness (QED) is 0.542. The molecule has 7 nitrogen and oxygen atoms in total. The number of hydrogen-bond acceptors (Lipinski definition) is 4. The smallest absolute Gasteiger partial charge is 0.223 e. The van der Waals surface area contributed by atoms with Gasteiger partial charge in [0.25, 0.3) is 0 Å². The highest BCUT2D eigenvalue weighted by Crippen LogP contribution is 2.18. The molecular weight excluding hydrogens is 414 g/mol. The van der Waals surface area contributed by atoms with Crippen molar-refractivity contribution < 1.29 is 9.59 Å². The first kappa shape index (κ1) is 23.0. The van der Waals surface area contributed by atoms with Crippen molar-refractivity contribution in [1.29, 1.82) is 0 Å². The van der Waals surface area contributed by atoms with E-state index in [0.29, 0.717) is 25.9 Å². The van der Waals surface area contributed by atoms with Crippen LogP contribution in [0.3, 0.4) is 0 Å². The summed E-state index contributed by atoms with van der Waals surface area (Å²) in [6, 6.07) is 12.2. The van der Waals surface area contributed by atoms with Gasteiger partial charge >= 0.3 is 0 Å². The first-order valence-corrected chi connectivity index (χ1v) is 11.9. The summed E-state index contributed by atoms with van der Waals surface area (Å²) in [7, 11) is 0. The molecule has 1 fully saturated rings. The van der Waals surface area contributed by atoms with E-state index in [1.54, 1.807) is 12.4 Å². The molecule has 33 heavy (non-hydrogen) atoms. The van der Waals surface area contributed by atoms with Gasteiger partial charge in [-0.05, 0) is 61.6 Å². The number of nitrogens with one attached hydrogen (secondary N) is 3. The number of carbonyl (C=O) groups excluding carboxylic acids is 2. The Balaban J connectivity index is 1.30. The lowest BCUT2D eigenvalue weighted by atomic mass is 9.98. The highest BCUT2D eigenvalue weighted by atomic mass is 16.2. The molecule has 3 N–H and O–H groups in total. The molecule has 3 heterocycles. The zero-order valence-corrected chi connectivity index (χ0v) is 19.1. The zero-order chi connectivity index (χ0) is 22.9. The van der Waals surface area contributed by atoms with Crippen molar-refractivity contribution in [3.63, 3.8) is 0 Å². The van der Waals surface area contributed by atoms with Gasteiger partial charge in [0.2, 0.25) is 11.8 Å². The summed E-state index contributed by atoms with van der Waals surface area (Å²) in [5.74, 6) is 0.0493. The number of H-pyrrole nitrogens is 1. The minimum Gasteiger partial charge on any atom is -0.361 e. The normalized spacial score (nSPS) is 18.4. The summed E-state index contributed by atoms with van der Waals surface area (Å²) in [6.07, 6.45) is 9.31. The number of rotatable bonds is 6. The van der Waals surface area contributed by atoms with Gasteiger partial charge in [-0.2, -0.15) is 0 Å². The van der Waals surface area contributed by atoms with Crippen LogP contribution in [0.4, 0.5) is 0 Å². The van der Waals surface area contributed by atoms with Crippen molar-refractivity contribution in [3.8, 4) is 0 Å². The average Bonchev–Trinajstić information content (AvgIpc) is 3.23. The second-order valence-electron chi connectivity index (χ2n) is 8.76. The minimum atomic E-state index is -0.0888. The monoisotopic (exact) mass is 447 g/mol. The number of aromatic amines is 1. The fourth-order valence-corrected chi connectivity index (χ4v) is 4.52. The van der Waals surface area contributed by atoms with Crippen LogP contribution in [0, 0.1) is 5.92 Å². The van der Waals surface area contributed by atoms with Gasteiger partial charge in [-0.25, -0.2) is 0 Å². The molecule has 1 aromatic carbocycles. The Morgan fingerprint density at radius 3 is 2.85 bits per heavy atom. The van der Waals surface area contributed by atoms with Crippen LogP contribution in [0.1, 0.15) is 36.8 Å². The van der Waals surface area contributed by atoms with Gasteiger partial charge in [0, 0.05) is 68.0 Å². The van der Waals surface area contributed by atoms with Crippen molar-refractivity contribution in [2.45, 2.75) is 38.6 Å². The number of benzene rings is 1. The molecule has 1 atom stereocenters. The van der Waals surface area contributed by atoms with Crippen LogP contribution in [-0.2, 0) is 22.6 Å². The molecule has 4 rings (SSSR count). The number of para-hydroxylation sites is 1. The van der Waals surface area contributed by atoms with Crippen LogP contribution in [-0.4, -0.2) is 52.9 Å². The number of hydrogen-bond donors (Lipinski definition) is 3. The highest BCUT2D eigenvalue weighted by Gasteiger charge is 2.20. The molecule has 0 aliphatic carbocycles. The predicted octanol–water partition coefficient (Wildman–Crippen LogP) is 3.03. The third-order valence-electron chi connectivity index (χ3n) is 6.39. The van der Waals surface area contributed by atoms with Gasteiger partial charge in [-0.3, -0.25) is 19.5 Å². The fraction of sp³-hybridized carbons (Fsp3) is 0.423. The molecule has 0 spiro atoms. The summed E-state index contributed by atoms with van der Waals surface area (Å²) >= 11 is 0. The number of aromatic nitrogens is 2. The summed E-state index contributed by atoms with van der Waals surface area (Å²) in [6.45, 7) is 3.53. The van der Waals surface area contributed by atoms with Crippen molar-refractivity contribution in [2.75, 3.05) is 26.2 Å². The maximum atomic E-state index is 12.9. The molecule has 1 unspecified atom stereocenters.